The highest BCUT2D eigenvalue weighted by molar-refractivity contribution is 5.78. The van der Waals surface area contributed by atoms with Crippen LogP contribution in [0.3, 0.4) is 0 Å². The summed E-state index contributed by atoms with van der Waals surface area (Å²) in [6.45, 7) is 6.47. The van der Waals surface area contributed by atoms with Crippen LogP contribution in [0, 0.1) is 20.8 Å². The molecule has 0 bridgehead atoms. The Kier molecular flexibility index (Phi) is 10.2. The van der Waals surface area contributed by atoms with E-state index in [-0.39, 0.29) is 5.92 Å². The maximum Gasteiger partial charge on any atom is 0.0464 e. The van der Waals surface area contributed by atoms with Crippen LogP contribution in [-0.2, 0) is 0 Å². The molecule has 248 valence electrons. The molecule has 0 spiro atoms. The highest BCUT2D eigenvalue weighted by atomic mass is 15.1. The van der Waals surface area contributed by atoms with Crippen LogP contribution in [0.15, 0.2) is 176 Å². The average Bonchev–Trinajstić information content (AvgIpc) is 3.15. The number of aryl methyl sites for hydroxylation is 3. The Morgan fingerprint density at radius 3 is 1.20 bits per heavy atom. The monoisotopic (exact) mass is 657 g/mol. The van der Waals surface area contributed by atoms with Gasteiger partial charge in [0.15, 0.2) is 0 Å². The molecular formula is C50H43N. The smallest absolute Gasteiger partial charge is 0.0464 e. The summed E-state index contributed by atoms with van der Waals surface area (Å²) in [5.74, 6) is 0.198. The van der Waals surface area contributed by atoms with Crippen molar-refractivity contribution in [2.24, 2.45) is 0 Å². The number of benzene rings is 7. The summed E-state index contributed by atoms with van der Waals surface area (Å²) in [6, 6.07) is 63.4. The Hall–Kier alpha value is -6.18. The van der Waals surface area contributed by atoms with Gasteiger partial charge in [0.2, 0.25) is 0 Å². The maximum absolute atomic E-state index is 2.31. The molecule has 51 heavy (non-hydrogen) atoms. The summed E-state index contributed by atoms with van der Waals surface area (Å²) in [6.07, 6.45) is 8.73. The maximum atomic E-state index is 2.31. The zero-order chi connectivity index (χ0) is 35.0. The third kappa shape index (κ3) is 8.35. The van der Waals surface area contributed by atoms with Gasteiger partial charge in [-0.3, -0.25) is 0 Å². The van der Waals surface area contributed by atoms with E-state index in [9.17, 15) is 0 Å². The zero-order valence-electron chi connectivity index (χ0n) is 29.6. The van der Waals surface area contributed by atoms with Crippen molar-refractivity contribution in [2.75, 3.05) is 4.90 Å². The highest BCUT2D eigenvalue weighted by Crippen LogP contribution is 2.35. The van der Waals surface area contributed by atoms with Gasteiger partial charge in [-0.1, -0.05) is 175 Å². The molecule has 0 amide bonds. The fourth-order valence-corrected chi connectivity index (χ4v) is 6.71. The van der Waals surface area contributed by atoms with Crippen molar-refractivity contribution in [3.8, 4) is 0 Å². The SMILES string of the molecule is Cc1cccc(C(c2ccc(C=Cc3ccc(C=Cc4ccc(N(c5ccccc5)c5cccc(C)c5)cc4)cc3)cc2)c2cccc(C)c2)c1. The topological polar surface area (TPSA) is 3.24 Å². The third-order valence-corrected chi connectivity index (χ3v) is 9.32. The normalized spacial score (nSPS) is 11.5. The second kappa shape index (κ2) is 15.6. The van der Waals surface area contributed by atoms with Gasteiger partial charge in [-0.2, -0.15) is 0 Å². The number of anilines is 3. The van der Waals surface area contributed by atoms with Crippen molar-refractivity contribution in [3.63, 3.8) is 0 Å². The van der Waals surface area contributed by atoms with Gasteiger partial charge in [-0.15, -0.1) is 0 Å². The predicted octanol–water partition coefficient (Wildman–Crippen LogP) is 13.6. The molecular weight excluding hydrogens is 615 g/mol. The Bertz CT molecular complexity index is 2210. The lowest BCUT2D eigenvalue weighted by Gasteiger charge is -2.25. The van der Waals surface area contributed by atoms with Crippen molar-refractivity contribution in [3.05, 3.63) is 232 Å². The van der Waals surface area contributed by atoms with E-state index in [2.05, 4.69) is 226 Å². The molecule has 0 N–H and O–H groups in total. The molecule has 7 rings (SSSR count). The number of hydrogen-bond donors (Lipinski definition) is 0. The van der Waals surface area contributed by atoms with Gasteiger partial charge in [0.05, 0.1) is 0 Å². The minimum Gasteiger partial charge on any atom is -0.310 e. The molecule has 0 aliphatic rings. The van der Waals surface area contributed by atoms with Gasteiger partial charge >= 0.3 is 0 Å². The van der Waals surface area contributed by atoms with Crippen LogP contribution >= 0.6 is 0 Å². The molecule has 0 unspecified atom stereocenters. The summed E-state index contributed by atoms with van der Waals surface area (Å²) >= 11 is 0. The fourth-order valence-electron chi connectivity index (χ4n) is 6.71. The molecule has 0 saturated carbocycles. The fraction of sp³-hybridized carbons (Fsp3) is 0.0800. The lowest BCUT2D eigenvalue weighted by Crippen LogP contribution is -2.09. The van der Waals surface area contributed by atoms with Crippen LogP contribution in [0.4, 0.5) is 17.1 Å². The summed E-state index contributed by atoms with van der Waals surface area (Å²) in [5, 5.41) is 0. The lowest BCUT2D eigenvalue weighted by atomic mass is 9.84. The van der Waals surface area contributed by atoms with E-state index >= 15 is 0 Å². The predicted molar refractivity (Wildman–Crippen MR) is 220 cm³/mol. The first kappa shape index (κ1) is 33.3. The van der Waals surface area contributed by atoms with Gasteiger partial charge < -0.3 is 4.90 Å². The first-order valence-corrected chi connectivity index (χ1v) is 17.7. The lowest BCUT2D eigenvalue weighted by molar-refractivity contribution is 0.971. The largest absolute Gasteiger partial charge is 0.310 e. The van der Waals surface area contributed by atoms with E-state index in [1.54, 1.807) is 0 Å². The molecule has 0 fully saturated rings. The molecule has 7 aromatic rings. The Morgan fingerprint density at radius 2 is 0.725 bits per heavy atom. The molecule has 0 aromatic heterocycles. The van der Waals surface area contributed by atoms with E-state index in [1.165, 1.54) is 50.1 Å². The summed E-state index contributed by atoms with van der Waals surface area (Å²) in [7, 11) is 0. The molecule has 7 aromatic carbocycles. The Balaban J connectivity index is 1.03. The molecule has 1 nitrogen and oxygen atoms in total. The van der Waals surface area contributed by atoms with Gasteiger partial charge in [0, 0.05) is 23.0 Å². The van der Waals surface area contributed by atoms with Gasteiger partial charge in [0.25, 0.3) is 0 Å². The third-order valence-electron chi connectivity index (χ3n) is 9.32. The number of nitrogens with zero attached hydrogens (tertiary/aromatic N) is 1. The molecule has 1 heteroatoms. The minimum atomic E-state index is 0.198. The number of para-hydroxylation sites is 1. The van der Waals surface area contributed by atoms with Crippen molar-refractivity contribution in [1.82, 2.24) is 0 Å². The number of hydrogen-bond acceptors (Lipinski definition) is 1. The van der Waals surface area contributed by atoms with E-state index < -0.39 is 0 Å². The van der Waals surface area contributed by atoms with Crippen molar-refractivity contribution < 1.29 is 0 Å². The van der Waals surface area contributed by atoms with Crippen molar-refractivity contribution in [1.29, 1.82) is 0 Å². The van der Waals surface area contributed by atoms with Crippen LogP contribution in [0.2, 0.25) is 0 Å². The molecule has 0 aliphatic heterocycles. The standard InChI is InChI=1S/C50H43N/c1-37-10-7-13-45(34-37)50(46-14-8-11-38(2)35-46)44-30-26-42(27-31-44)24-22-40-18-20-41(21-19-40)23-25-43-28-32-48(33-29-43)51(47-15-5-4-6-16-47)49-17-9-12-39(3)36-49/h4-36,50H,1-3H3. The van der Waals surface area contributed by atoms with Crippen LogP contribution in [0.1, 0.15) is 61.6 Å². The molecule has 0 aliphatic carbocycles. The van der Waals surface area contributed by atoms with Gasteiger partial charge in [-0.25, -0.2) is 0 Å². The molecule has 0 saturated heterocycles. The van der Waals surface area contributed by atoms with E-state index in [0.717, 1.165) is 22.6 Å². The number of rotatable bonds is 10. The van der Waals surface area contributed by atoms with Crippen molar-refractivity contribution in [2.45, 2.75) is 26.7 Å². The van der Waals surface area contributed by atoms with E-state index in [1.807, 2.05) is 0 Å². The zero-order valence-corrected chi connectivity index (χ0v) is 29.6. The summed E-state index contributed by atoms with van der Waals surface area (Å²) < 4.78 is 0. The second-order valence-corrected chi connectivity index (χ2v) is 13.4. The Labute approximate surface area is 303 Å². The van der Waals surface area contributed by atoms with Crippen LogP contribution < -0.4 is 4.90 Å². The average molecular weight is 658 g/mol. The van der Waals surface area contributed by atoms with E-state index in [4.69, 9.17) is 0 Å². The van der Waals surface area contributed by atoms with Crippen LogP contribution in [-0.4, -0.2) is 0 Å². The Morgan fingerprint density at radius 1 is 0.333 bits per heavy atom. The summed E-state index contributed by atoms with van der Waals surface area (Å²) in [4.78, 5) is 2.30. The van der Waals surface area contributed by atoms with E-state index in [0.29, 0.717) is 0 Å². The molecule has 0 radical (unpaired) electrons. The van der Waals surface area contributed by atoms with Gasteiger partial charge in [-0.05, 0) is 102 Å². The quantitative estimate of drug-likeness (QED) is 0.104. The molecule has 0 atom stereocenters. The second-order valence-electron chi connectivity index (χ2n) is 13.4. The first-order valence-electron chi connectivity index (χ1n) is 17.7. The van der Waals surface area contributed by atoms with Crippen LogP contribution in [0.25, 0.3) is 24.3 Å². The first-order chi connectivity index (χ1) is 25.0. The summed E-state index contributed by atoms with van der Waals surface area (Å²) in [5.41, 5.74) is 15.9. The van der Waals surface area contributed by atoms with Crippen LogP contribution in [0.5, 0.6) is 0 Å². The molecule has 0 heterocycles. The minimum absolute atomic E-state index is 0.198. The van der Waals surface area contributed by atoms with Gasteiger partial charge in [0.1, 0.15) is 0 Å². The van der Waals surface area contributed by atoms with Crippen molar-refractivity contribution >= 4 is 41.4 Å². The highest BCUT2D eigenvalue weighted by Gasteiger charge is 2.17.